The van der Waals surface area contributed by atoms with Gasteiger partial charge in [-0.3, -0.25) is 9.69 Å². The summed E-state index contributed by atoms with van der Waals surface area (Å²) in [5, 5.41) is 10.7. The summed E-state index contributed by atoms with van der Waals surface area (Å²) in [5.74, 6) is 0.468. The van der Waals surface area contributed by atoms with Gasteiger partial charge in [-0.25, -0.2) is 15.0 Å². The van der Waals surface area contributed by atoms with Crippen molar-refractivity contribution in [2.75, 3.05) is 56.6 Å². The minimum atomic E-state index is -0.0451. The van der Waals surface area contributed by atoms with Gasteiger partial charge >= 0.3 is 0 Å². The molecular weight excluding hydrogens is 474 g/mol. The summed E-state index contributed by atoms with van der Waals surface area (Å²) >= 11 is 7.38. The summed E-state index contributed by atoms with van der Waals surface area (Å²) in [4.78, 5) is 28.8. The number of thiazole rings is 1. The van der Waals surface area contributed by atoms with Gasteiger partial charge in [0.15, 0.2) is 5.13 Å². The number of nitrogens with zero attached hydrogens (tertiary/aromatic N) is 4. The number of benzene rings is 1. The fourth-order valence-electron chi connectivity index (χ4n) is 3.41. The van der Waals surface area contributed by atoms with Crippen LogP contribution in [0.5, 0.6) is 0 Å². The van der Waals surface area contributed by atoms with Crippen molar-refractivity contribution in [2.45, 2.75) is 12.8 Å². The van der Waals surface area contributed by atoms with E-state index in [-0.39, 0.29) is 5.91 Å². The SMILES string of the molecule is O=C(CCNCCN1CCOCC1)Nc1ncc(Cc2ccnc(Nc3ccc(Cl)cc3)n2)s1. The Morgan fingerprint density at radius 2 is 1.94 bits per heavy atom. The highest BCUT2D eigenvalue weighted by Crippen LogP contribution is 2.22. The van der Waals surface area contributed by atoms with Crippen molar-refractivity contribution in [3.05, 3.63) is 58.3 Å². The van der Waals surface area contributed by atoms with Gasteiger partial charge in [-0.2, -0.15) is 0 Å². The van der Waals surface area contributed by atoms with Crippen molar-refractivity contribution in [1.82, 2.24) is 25.2 Å². The van der Waals surface area contributed by atoms with Crippen molar-refractivity contribution in [2.24, 2.45) is 0 Å². The average molecular weight is 502 g/mol. The van der Waals surface area contributed by atoms with Crippen molar-refractivity contribution in [3.63, 3.8) is 0 Å². The van der Waals surface area contributed by atoms with Gasteiger partial charge < -0.3 is 20.7 Å². The van der Waals surface area contributed by atoms with E-state index < -0.39 is 0 Å². The molecule has 2 aromatic heterocycles. The Hall–Kier alpha value is -2.63. The Morgan fingerprint density at radius 3 is 2.76 bits per heavy atom. The number of hydrogen-bond acceptors (Lipinski definition) is 9. The van der Waals surface area contributed by atoms with E-state index in [9.17, 15) is 4.79 Å². The third-order valence-corrected chi connectivity index (χ3v) is 6.37. The van der Waals surface area contributed by atoms with Crippen molar-refractivity contribution in [3.8, 4) is 0 Å². The van der Waals surface area contributed by atoms with E-state index in [2.05, 4.69) is 35.8 Å². The number of anilines is 3. The lowest BCUT2D eigenvalue weighted by Crippen LogP contribution is -2.40. The van der Waals surface area contributed by atoms with E-state index in [4.69, 9.17) is 16.3 Å². The van der Waals surface area contributed by atoms with Crippen LogP contribution in [-0.4, -0.2) is 71.7 Å². The van der Waals surface area contributed by atoms with Crippen molar-refractivity contribution >= 4 is 45.6 Å². The predicted molar refractivity (Wildman–Crippen MR) is 135 cm³/mol. The topological polar surface area (TPSA) is 104 Å². The second kappa shape index (κ2) is 12.7. The zero-order valence-corrected chi connectivity index (χ0v) is 20.4. The van der Waals surface area contributed by atoms with E-state index in [1.807, 2.05) is 30.3 Å². The Kier molecular flexibility index (Phi) is 9.17. The minimum Gasteiger partial charge on any atom is -0.379 e. The van der Waals surface area contributed by atoms with Gasteiger partial charge in [0.2, 0.25) is 11.9 Å². The number of aromatic nitrogens is 3. The number of morpholine rings is 1. The summed E-state index contributed by atoms with van der Waals surface area (Å²) in [6.45, 7) is 6.03. The molecule has 1 fully saturated rings. The summed E-state index contributed by atoms with van der Waals surface area (Å²) in [5.41, 5.74) is 1.72. The molecule has 34 heavy (non-hydrogen) atoms. The molecule has 0 atom stereocenters. The second-order valence-electron chi connectivity index (χ2n) is 7.81. The average Bonchev–Trinajstić information content (AvgIpc) is 3.27. The van der Waals surface area contributed by atoms with E-state index in [0.717, 1.165) is 55.7 Å². The summed E-state index contributed by atoms with van der Waals surface area (Å²) in [6.07, 6.45) is 4.50. The molecule has 1 aliphatic heterocycles. The Labute approximate surface area is 207 Å². The van der Waals surface area contributed by atoms with Gasteiger partial charge in [0.1, 0.15) is 0 Å². The van der Waals surface area contributed by atoms with E-state index >= 15 is 0 Å². The summed E-state index contributed by atoms with van der Waals surface area (Å²) in [7, 11) is 0. The largest absolute Gasteiger partial charge is 0.379 e. The highest BCUT2D eigenvalue weighted by Gasteiger charge is 2.11. The molecule has 4 rings (SSSR count). The minimum absolute atomic E-state index is 0.0451. The molecule has 180 valence electrons. The molecule has 0 unspecified atom stereocenters. The molecular formula is C23H28ClN7O2S. The molecule has 1 amide bonds. The van der Waals surface area contributed by atoms with Crippen LogP contribution in [0.25, 0.3) is 0 Å². The number of carbonyl (C=O) groups excluding carboxylic acids is 1. The molecule has 0 radical (unpaired) electrons. The molecule has 3 aromatic rings. The van der Waals surface area contributed by atoms with Gasteiger partial charge in [-0.1, -0.05) is 11.6 Å². The molecule has 3 heterocycles. The van der Waals surface area contributed by atoms with Crippen molar-refractivity contribution < 1.29 is 9.53 Å². The van der Waals surface area contributed by atoms with Crippen LogP contribution in [-0.2, 0) is 16.0 Å². The highest BCUT2D eigenvalue weighted by atomic mass is 35.5. The molecule has 1 saturated heterocycles. The van der Waals surface area contributed by atoms with E-state index in [1.54, 1.807) is 12.4 Å². The molecule has 0 saturated carbocycles. The van der Waals surface area contributed by atoms with Gasteiger partial charge in [0.25, 0.3) is 0 Å². The zero-order chi connectivity index (χ0) is 23.6. The summed E-state index contributed by atoms with van der Waals surface area (Å²) < 4.78 is 5.35. The smallest absolute Gasteiger partial charge is 0.227 e. The van der Waals surface area contributed by atoms with Crippen LogP contribution < -0.4 is 16.0 Å². The van der Waals surface area contributed by atoms with Crippen LogP contribution in [0.3, 0.4) is 0 Å². The third kappa shape index (κ3) is 8.00. The molecule has 0 bridgehead atoms. The normalized spacial score (nSPS) is 14.1. The van der Waals surface area contributed by atoms with Crippen LogP contribution in [0.2, 0.25) is 5.02 Å². The summed E-state index contributed by atoms with van der Waals surface area (Å²) in [6, 6.07) is 9.23. The quantitative estimate of drug-likeness (QED) is 0.344. The number of rotatable bonds is 11. The van der Waals surface area contributed by atoms with Gasteiger partial charge in [-0.15, -0.1) is 11.3 Å². The fourth-order valence-corrected chi connectivity index (χ4v) is 4.38. The standard InChI is InChI=1S/C23H28ClN7O2S/c24-17-1-3-18(4-2-17)28-22-26-8-5-19(29-22)15-20-16-27-23(34-20)30-21(32)6-7-25-9-10-31-11-13-33-14-12-31/h1-5,8,16,25H,6-7,9-15H2,(H,26,28,29)(H,27,30,32). The predicted octanol–water partition coefficient (Wildman–Crippen LogP) is 3.17. The first-order valence-electron chi connectivity index (χ1n) is 11.2. The zero-order valence-electron chi connectivity index (χ0n) is 18.8. The fraction of sp³-hybridized carbons (Fsp3) is 0.391. The molecule has 3 N–H and O–H groups in total. The second-order valence-corrected chi connectivity index (χ2v) is 9.37. The lowest BCUT2D eigenvalue weighted by molar-refractivity contribution is -0.116. The molecule has 0 spiro atoms. The van der Waals surface area contributed by atoms with Crippen molar-refractivity contribution in [1.29, 1.82) is 0 Å². The van der Waals surface area contributed by atoms with Crippen LogP contribution in [0, 0.1) is 0 Å². The van der Waals surface area contributed by atoms with Crippen LogP contribution in [0.15, 0.2) is 42.7 Å². The maximum absolute atomic E-state index is 12.2. The molecule has 11 heteroatoms. The lowest BCUT2D eigenvalue weighted by atomic mass is 10.3. The first-order valence-corrected chi connectivity index (χ1v) is 12.4. The molecule has 1 aliphatic rings. The number of carbonyl (C=O) groups is 1. The maximum Gasteiger partial charge on any atom is 0.227 e. The maximum atomic E-state index is 12.2. The highest BCUT2D eigenvalue weighted by molar-refractivity contribution is 7.15. The monoisotopic (exact) mass is 501 g/mol. The number of halogens is 1. The number of hydrogen-bond donors (Lipinski definition) is 3. The molecule has 9 nitrogen and oxygen atoms in total. The van der Waals surface area contributed by atoms with Gasteiger partial charge in [-0.05, 0) is 30.3 Å². The third-order valence-electron chi connectivity index (χ3n) is 5.21. The number of nitrogens with one attached hydrogen (secondary N) is 3. The lowest BCUT2D eigenvalue weighted by Gasteiger charge is -2.26. The Bertz CT molecular complexity index is 1060. The van der Waals surface area contributed by atoms with Crippen LogP contribution in [0.4, 0.5) is 16.8 Å². The number of ether oxygens (including phenoxy) is 1. The molecule has 0 aliphatic carbocycles. The Balaban J connectivity index is 1.19. The first kappa shape index (κ1) is 24.5. The first-order chi connectivity index (χ1) is 16.6. The van der Waals surface area contributed by atoms with Gasteiger partial charge in [0, 0.05) is 73.5 Å². The van der Waals surface area contributed by atoms with Crippen LogP contribution >= 0.6 is 22.9 Å². The number of amides is 1. The van der Waals surface area contributed by atoms with Crippen LogP contribution in [0.1, 0.15) is 17.0 Å². The van der Waals surface area contributed by atoms with E-state index in [0.29, 0.717) is 35.5 Å². The van der Waals surface area contributed by atoms with E-state index in [1.165, 1.54) is 11.3 Å². The van der Waals surface area contributed by atoms with Gasteiger partial charge in [0.05, 0.1) is 18.9 Å². The Morgan fingerprint density at radius 1 is 1.12 bits per heavy atom. The molecule has 1 aromatic carbocycles.